The minimum Gasteiger partial charge on any atom is -0.496 e. The van der Waals surface area contributed by atoms with Crippen molar-refractivity contribution in [1.29, 1.82) is 0 Å². The number of nitrogen functional groups attached to an aromatic ring is 1. The summed E-state index contributed by atoms with van der Waals surface area (Å²) in [6.07, 6.45) is 2.57. The number of nitrogens with two attached hydrogens (primary N) is 1. The van der Waals surface area contributed by atoms with Crippen molar-refractivity contribution < 1.29 is 4.74 Å². The lowest BCUT2D eigenvalue weighted by atomic mass is 10.1. The molecule has 3 heterocycles. The molecule has 0 spiro atoms. The number of hydrogen-bond donors (Lipinski definition) is 2. The first-order valence-electron chi connectivity index (χ1n) is 11.0. The van der Waals surface area contributed by atoms with Crippen LogP contribution in [0.1, 0.15) is 16.8 Å². The monoisotopic (exact) mass is 473 g/mol. The fraction of sp³-hybridized carbons (Fsp3) is 0.192. The van der Waals surface area contributed by atoms with Crippen LogP contribution in [0.15, 0.2) is 65.6 Å². The van der Waals surface area contributed by atoms with Gasteiger partial charge in [-0.1, -0.05) is 17.7 Å². The van der Waals surface area contributed by atoms with Crippen molar-refractivity contribution in [2.45, 2.75) is 19.5 Å². The van der Waals surface area contributed by atoms with Crippen molar-refractivity contribution in [3.8, 4) is 28.4 Å². The summed E-state index contributed by atoms with van der Waals surface area (Å²) in [5, 5.41) is 0.632. The second-order valence-corrected chi connectivity index (χ2v) is 8.76. The Kier molecular flexibility index (Phi) is 6.04. The summed E-state index contributed by atoms with van der Waals surface area (Å²) in [7, 11) is 1.63. The molecule has 7 nitrogen and oxygen atoms in total. The molecule has 34 heavy (non-hydrogen) atoms. The molecule has 3 N–H and O–H groups in total. The van der Waals surface area contributed by atoms with Gasteiger partial charge in [0.2, 0.25) is 0 Å². The summed E-state index contributed by atoms with van der Waals surface area (Å²) in [5.74, 6) is 1.30. The minimum atomic E-state index is -0.0944. The van der Waals surface area contributed by atoms with Crippen LogP contribution in [-0.4, -0.2) is 33.5 Å². The predicted octanol–water partition coefficient (Wildman–Crippen LogP) is 4.30. The first-order valence-corrected chi connectivity index (χ1v) is 11.4. The van der Waals surface area contributed by atoms with E-state index in [9.17, 15) is 4.79 Å². The van der Waals surface area contributed by atoms with E-state index < -0.39 is 0 Å². The lowest BCUT2D eigenvalue weighted by molar-refractivity contribution is 0.241. The van der Waals surface area contributed by atoms with Gasteiger partial charge < -0.3 is 15.5 Å². The quantitative estimate of drug-likeness (QED) is 0.419. The SMILES string of the molecule is COc1ccc(Cl)cc1-c1ccc(CN2CCc3nc(-c4ccc(N)cc4)[nH]c(=O)c3C2)cn1. The molecule has 0 bridgehead atoms. The molecule has 0 saturated carbocycles. The smallest absolute Gasteiger partial charge is 0.255 e. The van der Waals surface area contributed by atoms with Gasteiger partial charge in [-0.15, -0.1) is 0 Å². The van der Waals surface area contributed by atoms with Gasteiger partial charge in [-0.05, 0) is 54.1 Å². The van der Waals surface area contributed by atoms with Gasteiger partial charge in [-0.25, -0.2) is 4.98 Å². The molecule has 0 unspecified atom stereocenters. The fourth-order valence-electron chi connectivity index (χ4n) is 4.21. The normalized spacial score (nSPS) is 13.5. The van der Waals surface area contributed by atoms with E-state index in [0.717, 1.165) is 45.9 Å². The van der Waals surface area contributed by atoms with Crippen LogP contribution in [0.4, 0.5) is 5.69 Å². The molecule has 0 saturated heterocycles. The topological polar surface area (TPSA) is 97.1 Å². The number of hydrogen-bond acceptors (Lipinski definition) is 6. The molecule has 2 aromatic heterocycles. The van der Waals surface area contributed by atoms with Gasteiger partial charge in [-0.3, -0.25) is 14.7 Å². The van der Waals surface area contributed by atoms with Crippen LogP contribution >= 0.6 is 11.6 Å². The summed E-state index contributed by atoms with van der Waals surface area (Å²) < 4.78 is 5.44. The average Bonchev–Trinajstić information content (AvgIpc) is 2.85. The number of nitrogens with zero attached hydrogens (tertiary/aromatic N) is 3. The highest BCUT2D eigenvalue weighted by molar-refractivity contribution is 6.30. The molecule has 5 rings (SSSR count). The molecule has 0 fully saturated rings. The highest BCUT2D eigenvalue weighted by atomic mass is 35.5. The third-order valence-corrected chi connectivity index (χ3v) is 6.24. The molecule has 4 aromatic rings. The van der Waals surface area contributed by atoms with Crippen LogP contribution in [0.5, 0.6) is 5.75 Å². The molecule has 172 valence electrons. The number of anilines is 1. The summed E-state index contributed by atoms with van der Waals surface area (Å²) in [4.78, 5) is 27.3. The van der Waals surface area contributed by atoms with Crippen molar-refractivity contribution in [3.63, 3.8) is 0 Å². The molecular formula is C26H24ClN5O2. The number of benzene rings is 2. The first kappa shape index (κ1) is 22.1. The molecule has 1 aliphatic rings. The van der Waals surface area contributed by atoms with Gasteiger partial charge in [0.25, 0.3) is 5.56 Å². The zero-order valence-corrected chi connectivity index (χ0v) is 19.5. The number of fused-ring (bicyclic) bond motifs is 1. The Morgan fingerprint density at radius 2 is 1.97 bits per heavy atom. The summed E-state index contributed by atoms with van der Waals surface area (Å²) in [5.41, 5.74) is 11.5. The lowest BCUT2D eigenvalue weighted by Gasteiger charge is -2.27. The average molecular weight is 474 g/mol. The molecule has 0 amide bonds. The molecule has 0 atom stereocenters. The Morgan fingerprint density at radius 3 is 2.71 bits per heavy atom. The summed E-state index contributed by atoms with van der Waals surface area (Å²) in [6, 6.07) is 16.8. The van der Waals surface area contributed by atoms with E-state index in [1.165, 1.54) is 0 Å². The lowest BCUT2D eigenvalue weighted by Crippen LogP contribution is -2.35. The van der Waals surface area contributed by atoms with Crippen LogP contribution < -0.4 is 16.0 Å². The van der Waals surface area contributed by atoms with Gasteiger partial charge in [0, 0.05) is 54.1 Å². The minimum absolute atomic E-state index is 0.0944. The van der Waals surface area contributed by atoms with E-state index in [4.69, 9.17) is 27.1 Å². The van der Waals surface area contributed by atoms with Crippen LogP contribution in [0.25, 0.3) is 22.6 Å². The van der Waals surface area contributed by atoms with Crippen molar-refractivity contribution in [2.75, 3.05) is 19.4 Å². The summed E-state index contributed by atoms with van der Waals surface area (Å²) in [6.45, 7) is 2.05. The molecular weight excluding hydrogens is 450 g/mol. The number of nitrogens with one attached hydrogen (secondary N) is 1. The molecule has 1 aliphatic heterocycles. The van der Waals surface area contributed by atoms with E-state index in [2.05, 4.69) is 14.9 Å². The summed E-state index contributed by atoms with van der Waals surface area (Å²) >= 11 is 6.16. The van der Waals surface area contributed by atoms with Crippen molar-refractivity contribution in [2.24, 2.45) is 0 Å². The highest BCUT2D eigenvalue weighted by Crippen LogP contribution is 2.31. The Bertz CT molecular complexity index is 1380. The van der Waals surface area contributed by atoms with Crippen LogP contribution in [-0.2, 0) is 19.5 Å². The second kappa shape index (κ2) is 9.29. The van der Waals surface area contributed by atoms with E-state index in [-0.39, 0.29) is 5.56 Å². The van der Waals surface area contributed by atoms with Crippen LogP contribution in [0.2, 0.25) is 5.02 Å². The molecule has 8 heteroatoms. The number of rotatable bonds is 5. The van der Waals surface area contributed by atoms with Gasteiger partial charge in [-0.2, -0.15) is 0 Å². The van der Waals surface area contributed by atoms with E-state index in [1.807, 2.05) is 42.6 Å². The molecule has 0 aliphatic carbocycles. The zero-order valence-electron chi connectivity index (χ0n) is 18.7. The first-order chi connectivity index (χ1) is 16.5. The van der Waals surface area contributed by atoms with Gasteiger partial charge in [0.05, 0.1) is 24.1 Å². The largest absolute Gasteiger partial charge is 0.496 e. The molecule has 2 aromatic carbocycles. The van der Waals surface area contributed by atoms with Crippen molar-refractivity contribution in [3.05, 3.63) is 93.0 Å². The predicted molar refractivity (Wildman–Crippen MR) is 134 cm³/mol. The maximum absolute atomic E-state index is 12.8. The Balaban J connectivity index is 1.32. The van der Waals surface area contributed by atoms with E-state index in [0.29, 0.717) is 36.0 Å². The van der Waals surface area contributed by atoms with E-state index >= 15 is 0 Å². The van der Waals surface area contributed by atoms with E-state index in [1.54, 1.807) is 25.3 Å². The van der Waals surface area contributed by atoms with Gasteiger partial charge in [0.1, 0.15) is 11.6 Å². The maximum atomic E-state index is 12.8. The number of aromatic amines is 1. The number of H-pyrrole nitrogens is 1. The van der Waals surface area contributed by atoms with Crippen LogP contribution in [0.3, 0.4) is 0 Å². The molecule has 0 radical (unpaired) electrons. The standard InChI is InChI=1S/C26H24ClN5O2/c1-34-24-9-5-18(27)12-20(24)22-8-2-16(13-29-22)14-32-11-10-23-21(15-32)26(33)31-25(30-23)17-3-6-19(28)7-4-17/h2-9,12-13H,10-11,14-15,28H2,1H3,(H,30,31,33). The number of pyridine rings is 1. The van der Waals surface area contributed by atoms with Gasteiger partial charge >= 0.3 is 0 Å². The van der Waals surface area contributed by atoms with Crippen molar-refractivity contribution >= 4 is 17.3 Å². The number of methoxy groups -OCH3 is 1. The van der Waals surface area contributed by atoms with Crippen LogP contribution in [0, 0.1) is 0 Å². The van der Waals surface area contributed by atoms with Crippen molar-refractivity contribution in [1.82, 2.24) is 19.9 Å². The highest BCUT2D eigenvalue weighted by Gasteiger charge is 2.22. The Morgan fingerprint density at radius 1 is 1.15 bits per heavy atom. The number of ether oxygens (including phenoxy) is 1. The van der Waals surface area contributed by atoms with Gasteiger partial charge in [0.15, 0.2) is 0 Å². The Hall–Kier alpha value is -3.68. The third kappa shape index (κ3) is 4.53. The number of aromatic nitrogens is 3. The maximum Gasteiger partial charge on any atom is 0.255 e. The third-order valence-electron chi connectivity index (χ3n) is 6.00. The number of halogens is 1. The Labute approximate surface area is 202 Å². The fourth-order valence-corrected chi connectivity index (χ4v) is 4.38. The second-order valence-electron chi connectivity index (χ2n) is 8.32. The zero-order chi connectivity index (χ0) is 23.7.